The molecule has 0 aliphatic rings. The topological polar surface area (TPSA) is 55.8 Å². The first kappa shape index (κ1) is 15.7. The zero-order chi connectivity index (χ0) is 16.2. The lowest BCUT2D eigenvalue weighted by molar-refractivity contribution is -0.274. The van der Waals surface area contributed by atoms with E-state index in [4.69, 9.17) is 9.84 Å². The summed E-state index contributed by atoms with van der Waals surface area (Å²) in [5.74, 6) is -2.06. The highest BCUT2D eigenvalue weighted by Gasteiger charge is 2.31. The van der Waals surface area contributed by atoms with Crippen LogP contribution in [0.2, 0.25) is 0 Å². The van der Waals surface area contributed by atoms with Gasteiger partial charge in [-0.1, -0.05) is 30.3 Å². The maximum absolute atomic E-state index is 12.1. The summed E-state index contributed by atoms with van der Waals surface area (Å²) >= 11 is 0. The van der Waals surface area contributed by atoms with Gasteiger partial charge in [0.1, 0.15) is 23.7 Å². The van der Waals surface area contributed by atoms with Gasteiger partial charge in [-0.25, -0.2) is 4.79 Å². The van der Waals surface area contributed by atoms with Gasteiger partial charge in [-0.15, -0.1) is 13.2 Å². The van der Waals surface area contributed by atoms with E-state index in [0.717, 1.165) is 23.8 Å². The highest BCUT2D eigenvalue weighted by molar-refractivity contribution is 5.91. The van der Waals surface area contributed by atoms with Gasteiger partial charge in [0.05, 0.1) is 0 Å². The number of halogens is 3. The van der Waals surface area contributed by atoms with Crippen molar-refractivity contribution in [3.63, 3.8) is 0 Å². The van der Waals surface area contributed by atoms with Crippen LogP contribution in [0.5, 0.6) is 11.5 Å². The van der Waals surface area contributed by atoms with Gasteiger partial charge in [-0.05, 0) is 23.8 Å². The number of hydrogen-bond donors (Lipinski definition) is 1. The van der Waals surface area contributed by atoms with Crippen LogP contribution in [-0.2, 0) is 6.61 Å². The summed E-state index contributed by atoms with van der Waals surface area (Å²) in [6.45, 7) is 0.0978. The van der Waals surface area contributed by atoms with E-state index in [9.17, 15) is 18.0 Å². The van der Waals surface area contributed by atoms with E-state index in [2.05, 4.69) is 4.74 Å². The van der Waals surface area contributed by atoms with Crippen molar-refractivity contribution in [3.8, 4) is 11.5 Å². The van der Waals surface area contributed by atoms with Crippen molar-refractivity contribution in [2.75, 3.05) is 0 Å². The maximum Gasteiger partial charge on any atom is 0.573 e. The number of ether oxygens (including phenoxy) is 2. The highest BCUT2D eigenvalue weighted by Crippen LogP contribution is 2.29. The van der Waals surface area contributed by atoms with E-state index in [-0.39, 0.29) is 12.4 Å². The van der Waals surface area contributed by atoms with Crippen molar-refractivity contribution in [3.05, 3.63) is 59.7 Å². The fraction of sp³-hybridized carbons (Fsp3) is 0.133. The van der Waals surface area contributed by atoms with E-state index in [0.29, 0.717) is 0 Å². The molecule has 0 aromatic heterocycles. The second-order valence-corrected chi connectivity index (χ2v) is 4.29. The van der Waals surface area contributed by atoms with E-state index >= 15 is 0 Å². The molecule has 0 amide bonds. The van der Waals surface area contributed by atoms with Crippen LogP contribution in [-0.4, -0.2) is 17.4 Å². The third kappa shape index (κ3) is 4.41. The number of alkyl halides is 3. The molecular weight excluding hydrogens is 301 g/mol. The molecule has 0 aliphatic heterocycles. The van der Waals surface area contributed by atoms with Crippen LogP contribution >= 0.6 is 0 Å². The predicted octanol–water partition coefficient (Wildman–Crippen LogP) is 3.86. The predicted molar refractivity (Wildman–Crippen MR) is 70.9 cm³/mol. The molecule has 7 heteroatoms. The molecule has 1 N–H and O–H groups in total. The van der Waals surface area contributed by atoms with E-state index in [1.165, 1.54) is 0 Å². The second kappa shape index (κ2) is 6.38. The number of carboxylic acid groups (broad SMARTS) is 1. The van der Waals surface area contributed by atoms with Crippen LogP contribution in [0.25, 0.3) is 0 Å². The molecule has 0 radical (unpaired) electrons. The number of hydrogen-bond acceptors (Lipinski definition) is 3. The van der Waals surface area contributed by atoms with Crippen molar-refractivity contribution >= 4 is 5.97 Å². The van der Waals surface area contributed by atoms with Gasteiger partial charge in [0.2, 0.25) is 0 Å². The highest BCUT2D eigenvalue weighted by atomic mass is 19.4. The first-order valence-electron chi connectivity index (χ1n) is 6.15. The fourth-order valence-electron chi connectivity index (χ4n) is 1.73. The summed E-state index contributed by atoms with van der Waals surface area (Å²) in [5.41, 5.74) is 0.395. The Labute approximate surface area is 123 Å². The van der Waals surface area contributed by atoms with Gasteiger partial charge in [0.25, 0.3) is 0 Å². The lowest BCUT2D eigenvalue weighted by Gasteiger charge is -2.12. The molecule has 0 atom stereocenters. The summed E-state index contributed by atoms with van der Waals surface area (Å²) in [4.78, 5) is 11.1. The minimum Gasteiger partial charge on any atom is -0.488 e. The summed E-state index contributed by atoms with van der Waals surface area (Å²) in [6, 6.07) is 11.9. The van der Waals surface area contributed by atoms with E-state index < -0.39 is 23.6 Å². The Morgan fingerprint density at radius 3 is 2.36 bits per heavy atom. The van der Waals surface area contributed by atoms with Crippen molar-refractivity contribution < 1.29 is 32.5 Å². The minimum absolute atomic E-state index is 0.0362. The lowest BCUT2D eigenvalue weighted by atomic mass is 10.2. The lowest BCUT2D eigenvalue weighted by Crippen LogP contribution is -2.17. The third-order valence-corrected chi connectivity index (χ3v) is 2.65. The summed E-state index contributed by atoms with van der Waals surface area (Å²) in [7, 11) is 0. The molecular formula is C15H11F3O4. The Morgan fingerprint density at radius 2 is 1.77 bits per heavy atom. The zero-order valence-electron chi connectivity index (χ0n) is 11.1. The number of rotatable bonds is 5. The molecule has 2 aromatic carbocycles. The van der Waals surface area contributed by atoms with Gasteiger partial charge in [0, 0.05) is 0 Å². The Morgan fingerprint density at radius 1 is 1.09 bits per heavy atom. The summed E-state index contributed by atoms with van der Waals surface area (Å²) in [6.07, 6.45) is -4.89. The van der Waals surface area contributed by atoms with Gasteiger partial charge in [-0.2, -0.15) is 0 Å². The Kier molecular flexibility index (Phi) is 4.55. The molecule has 4 nitrogen and oxygen atoms in total. The molecule has 0 spiro atoms. The fourth-order valence-corrected chi connectivity index (χ4v) is 1.73. The SMILES string of the molecule is O=C(O)c1cc(OC(F)(F)F)ccc1OCc1ccccc1. The van der Waals surface area contributed by atoms with E-state index in [1.807, 2.05) is 6.07 Å². The smallest absolute Gasteiger partial charge is 0.488 e. The molecule has 0 aliphatic carbocycles. The van der Waals surface area contributed by atoms with E-state index in [1.54, 1.807) is 24.3 Å². The maximum atomic E-state index is 12.1. The van der Waals surface area contributed by atoms with Crippen LogP contribution in [0.3, 0.4) is 0 Å². The number of aromatic carboxylic acids is 1. The molecule has 116 valence electrons. The first-order valence-corrected chi connectivity index (χ1v) is 6.15. The van der Waals surface area contributed by atoms with Crippen LogP contribution in [0.1, 0.15) is 15.9 Å². The van der Waals surface area contributed by atoms with Gasteiger partial charge >= 0.3 is 12.3 Å². The number of carboxylic acids is 1. The summed E-state index contributed by atoms with van der Waals surface area (Å²) < 4.78 is 45.5. The second-order valence-electron chi connectivity index (χ2n) is 4.29. The number of carbonyl (C=O) groups is 1. The van der Waals surface area contributed by atoms with Crippen LogP contribution < -0.4 is 9.47 Å². The Balaban J connectivity index is 2.18. The van der Waals surface area contributed by atoms with Crippen LogP contribution in [0.15, 0.2) is 48.5 Å². The van der Waals surface area contributed by atoms with Gasteiger partial charge in [0.15, 0.2) is 0 Å². The minimum atomic E-state index is -4.89. The molecule has 0 saturated carbocycles. The largest absolute Gasteiger partial charge is 0.573 e. The average Bonchev–Trinajstić information content (AvgIpc) is 2.45. The molecule has 2 aromatic rings. The molecule has 0 saturated heterocycles. The first-order chi connectivity index (χ1) is 10.3. The zero-order valence-corrected chi connectivity index (χ0v) is 11.1. The van der Waals surface area contributed by atoms with Gasteiger partial charge < -0.3 is 14.6 Å². The third-order valence-electron chi connectivity index (χ3n) is 2.65. The normalized spacial score (nSPS) is 11.0. The van der Waals surface area contributed by atoms with Crippen molar-refractivity contribution in [2.45, 2.75) is 13.0 Å². The Bertz CT molecular complexity index is 654. The molecule has 0 unspecified atom stereocenters. The van der Waals surface area contributed by atoms with Crippen molar-refractivity contribution in [1.82, 2.24) is 0 Å². The standard InChI is InChI=1S/C15H11F3O4/c16-15(17,18)22-11-6-7-13(12(8-11)14(19)20)21-9-10-4-2-1-3-5-10/h1-8H,9H2,(H,19,20). The number of benzene rings is 2. The van der Waals surface area contributed by atoms with Crippen LogP contribution in [0.4, 0.5) is 13.2 Å². The molecule has 0 bridgehead atoms. The average molecular weight is 312 g/mol. The quantitative estimate of drug-likeness (QED) is 0.911. The molecule has 0 heterocycles. The summed E-state index contributed by atoms with van der Waals surface area (Å²) in [5, 5.41) is 9.07. The molecule has 22 heavy (non-hydrogen) atoms. The molecule has 0 fully saturated rings. The van der Waals surface area contributed by atoms with Crippen molar-refractivity contribution in [2.24, 2.45) is 0 Å². The van der Waals surface area contributed by atoms with Gasteiger partial charge in [-0.3, -0.25) is 0 Å². The van der Waals surface area contributed by atoms with Crippen LogP contribution in [0, 0.1) is 0 Å². The Hall–Kier alpha value is -2.70. The molecule has 2 rings (SSSR count). The monoisotopic (exact) mass is 312 g/mol. The van der Waals surface area contributed by atoms with Crippen molar-refractivity contribution in [1.29, 1.82) is 0 Å².